The van der Waals surface area contributed by atoms with E-state index in [0.717, 1.165) is 0 Å². The molecule has 0 bridgehead atoms. The van der Waals surface area contributed by atoms with E-state index in [0.29, 0.717) is 0 Å². The van der Waals surface area contributed by atoms with E-state index >= 15 is 0 Å². The summed E-state index contributed by atoms with van der Waals surface area (Å²) in [6.07, 6.45) is 0. The SMILES string of the molecule is Cc1cc(-c2cc3ccccc3s2)cc2c1-c1cc3c(cc1C2(C)C)-c1c(C)cc(-c2cc4ccccc4s2)cc1C3(C)C. The molecule has 5 aromatic carbocycles. The van der Waals surface area contributed by atoms with Crippen LogP contribution in [0.4, 0.5) is 0 Å². The monoisotopic (exact) mass is 602 g/mol. The molecule has 214 valence electrons. The highest BCUT2D eigenvalue weighted by atomic mass is 32.1. The Hall–Kier alpha value is -3.98. The summed E-state index contributed by atoms with van der Waals surface area (Å²) in [6, 6.07) is 37.1. The third-order valence-electron chi connectivity index (χ3n) is 10.5. The third-order valence-corrected chi connectivity index (χ3v) is 12.8. The molecule has 2 heterocycles. The van der Waals surface area contributed by atoms with Gasteiger partial charge in [-0.25, -0.2) is 0 Å². The fourth-order valence-corrected chi connectivity index (χ4v) is 10.2. The van der Waals surface area contributed by atoms with Gasteiger partial charge in [-0.1, -0.05) is 64.1 Å². The standard InChI is InChI=1S/C42H34S2/c1-23-15-27(37-19-25-11-7-9-13-35(25)43-37)17-33-39(23)29-21-32-30(22-31(29)41(33,3)4)40-24(2)16-28(18-34(40)42(32,5)6)38-20-26-12-8-10-14-36(26)44-38/h7-22H,1-6H3. The number of hydrogen-bond donors (Lipinski definition) is 0. The fraction of sp³-hybridized carbons (Fsp3) is 0.190. The Bertz CT molecular complexity index is 2120. The second-order valence-corrected chi connectivity index (χ2v) is 16.1. The van der Waals surface area contributed by atoms with Crippen LogP contribution in [0, 0.1) is 13.8 Å². The first kappa shape index (κ1) is 26.4. The first-order chi connectivity index (χ1) is 21.1. The normalized spacial score (nSPS) is 15.4. The van der Waals surface area contributed by atoms with E-state index in [-0.39, 0.29) is 10.8 Å². The molecular weight excluding hydrogens is 569 g/mol. The van der Waals surface area contributed by atoms with Gasteiger partial charge in [-0.05, 0) is 152 Å². The van der Waals surface area contributed by atoms with Gasteiger partial charge < -0.3 is 0 Å². The zero-order chi connectivity index (χ0) is 30.1. The highest BCUT2D eigenvalue weighted by Crippen LogP contribution is 2.58. The maximum Gasteiger partial charge on any atom is 0.0355 e. The minimum atomic E-state index is -0.0744. The highest BCUT2D eigenvalue weighted by molar-refractivity contribution is 7.22. The lowest BCUT2D eigenvalue weighted by Crippen LogP contribution is -2.17. The minimum absolute atomic E-state index is 0.0744. The van der Waals surface area contributed by atoms with Crippen LogP contribution in [0.25, 0.3) is 63.3 Å². The minimum Gasteiger partial charge on any atom is -0.135 e. The van der Waals surface area contributed by atoms with Crippen LogP contribution in [0.1, 0.15) is 61.1 Å². The quantitative estimate of drug-likeness (QED) is 0.185. The molecule has 0 unspecified atom stereocenters. The molecule has 7 aromatic rings. The number of thiophene rings is 2. The number of benzene rings is 5. The second kappa shape index (κ2) is 8.81. The van der Waals surface area contributed by atoms with Crippen molar-refractivity contribution in [3.63, 3.8) is 0 Å². The molecule has 0 N–H and O–H groups in total. The summed E-state index contributed by atoms with van der Waals surface area (Å²) in [7, 11) is 0. The molecule has 0 saturated carbocycles. The van der Waals surface area contributed by atoms with E-state index < -0.39 is 0 Å². The molecule has 0 saturated heterocycles. The Morgan fingerprint density at radius 3 is 1.27 bits per heavy atom. The van der Waals surface area contributed by atoms with Gasteiger partial charge in [-0.3, -0.25) is 0 Å². The van der Waals surface area contributed by atoms with E-state index in [9.17, 15) is 0 Å². The molecule has 2 heteroatoms. The molecule has 2 aliphatic rings. The molecule has 0 spiro atoms. The van der Waals surface area contributed by atoms with Crippen LogP contribution in [0.3, 0.4) is 0 Å². The maximum absolute atomic E-state index is 2.56. The molecule has 44 heavy (non-hydrogen) atoms. The zero-order valence-corrected chi connectivity index (χ0v) is 27.7. The van der Waals surface area contributed by atoms with Crippen molar-refractivity contribution < 1.29 is 0 Å². The van der Waals surface area contributed by atoms with Crippen molar-refractivity contribution in [3.05, 3.63) is 130 Å². The number of rotatable bonds is 2. The van der Waals surface area contributed by atoms with Crippen molar-refractivity contribution in [2.75, 3.05) is 0 Å². The van der Waals surface area contributed by atoms with Crippen LogP contribution in [0.2, 0.25) is 0 Å². The molecule has 0 amide bonds. The van der Waals surface area contributed by atoms with Gasteiger partial charge in [0.2, 0.25) is 0 Å². The molecule has 0 fully saturated rings. The smallest absolute Gasteiger partial charge is 0.0355 e. The number of aryl methyl sites for hydroxylation is 2. The molecule has 0 radical (unpaired) electrons. The average molecular weight is 603 g/mol. The summed E-state index contributed by atoms with van der Waals surface area (Å²) in [5.41, 5.74) is 16.8. The Balaban J connectivity index is 1.20. The molecule has 9 rings (SSSR count). The van der Waals surface area contributed by atoms with Crippen molar-refractivity contribution in [3.8, 4) is 43.1 Å². The average Bonchev–Trinajstić information content (AvgIpc) is 3.73. The third kappa shape index (κ3) is 3.50. The van der Waals surface area contributed by atoms with Gasteiger partial charge in [0.1, 0.15) is 0 Å². The predicted molar refractivity (Wildman–Crippen MR) is 193 cm³/mol. The van der Waals surface area contributed by atoms with Gasteiger partial charge in [0, 0.05) is 30.0 Å². The van der Waals surface area contributed by atoms with E-state index in [1.54, 1.807) is 0 Å². The Morgan fingerprint density at radius 1 is 0.455 bits per heavy atom. The molecular formula is C42H34S2. The Labute approximate surface area is 267 Å². The first-order valence-corrected chi connectivity index (χ1v) is 17.2. The van der Waals surface area contributed by atoms with E-state index in [4.69, 9.17) is 0 Å². The lowest BCUT2D eigenvalue weighted by Gasteiger charge is -2.24. The summed E-state index contributed by atoms with van der Waals surface area (Å²) in [5, 5.41) is 2.66. The molecule has 2 aromatic heterocycles. The van der Waals surface area contributed by atoms with Crippen LogP contribution in [-0.2, 0) is 10.8 Å². The van der Waals surface area contributed by atoms with Crippen molar-refractivity contribution in [2.45, 2.75) is 52.4 Å². The van der Waals surface area contributed by atoms with Crippen molar-refractivity contribution in [2.24, 2.45) is 0 Å². The van der Waals surface area contributed by atoms with Gasteiger partial charge in [-0.15, -0.1) is 22.7 Å². The lowest BCUT2D eigenvalue weighted by atomic mass is 9.79. The van der Waals surface area contributed by atoms with Crippen LogP contribution in [0.5, 0.6) is 0 Å². The van der Waals surface area contributed by atoms with Gasteiger partial charge in [0.05, 0.1) is 0 Å². The lowest BCUT2D eigenvalue weighted by molar-refractivity contribution is 0.652. The molecule has 0 aliphatic heterocycles. The predicted octanol–water partition coefficient (Wildman–Crippen LogP) is 12.7. The zero-order valence-electron chi connectivity index (χ0n) is 26.1. The second-order valence-electron chi connectivity index (χ2n) is 13.9. The number of hydrogen-bond acceptors (Lipinski definition) is 2. The summed E-state index contributed by atoms with van der Waals surface area (Å²) < 4.78 is 2.71. The molecule has 0 atom stereocenters. The summed E-state index contributed by atoms with van der Waals surface area (Å²) in [4.78, 5) is 2.71. The first-order valence-electron chi connectivity index (χ1n) is 15.6. The van der Waals surface area contributed by atoms with Crippen LogP contribution >= 0.6 is 22.7 Å². The van der Waals surface area contributed by atoms with Gasteiger partial charge >= 0.3 is 0 Å². The molecule has 2 aliphatic carbocycles. The van der Waals surface area contributed by atoms with Crippen molar-refractivity contribution >= 4 is 42.8 Å². The number of fused-ring (bicyclic) bond motifs is 8. The summed E-state index contributed by atoms with van der Waals surface area (Å²) in [6.45, 7) is 14.3. The largest absolute Gasteiger partial charge is 0.135 e. The van der Waals surface area contributed by atoms with Gasteiger partial charge in [-0.2, -0.15) is 0 Å². The van der Waals surface area contributed by atoms with Crippen LogP contribution in [-0.4, -0.2) is 0 Å². The Kier molecular flexibility index (Phi) is 5.29. The van der Waals surface area contributed by atoms with Gasteiger partial charge in [0.15, 0.2) is 0 Å². The fourth-order valence-electron chi connectivity index (χ4n) is 8.15. The Morgan fingerprint density at radius 2 is 0.864 bits per heavy atom. The van der Waals surface area contributed by atoms with Crippen LogP contribution in [0.15, 0.2) is 97.1 Å². The van der Waals surface area contributed by atoms with E-state index in [1.807, 2.05) is 22.7 Å². The summed E-state index contributed by atoms with van der Waals surface area (Å²) in [5.74, 6) is 0. The van der Waals surface area contributed by atoms with E-state index in [2.05, 4.69) is 139 Å². The summed E-state index contributed by atoms with van der Waals surface area (Å²) >= 11 is 3.80. The topological polar surface area (TPSA) is 0 Å². The maximum atomic E-state index is 2.56. The van der Waals surface area contributed by atoms with Gasteiger partial charge in [0.25, 0.3) is 0 Å². The van der Waals surface area contributed by atoms with Crippen molar-refractivity contribution in [1.82, 2.24) is 0 Å². The highest BCUT2D eigenvalue weighted by Gasteiger charge is 2.43. The molecule has 0 nitrogen and oxygen atoms in total. The van der Waals surface area contributed by atoms with E-state index in [1.165, 1.54) is 96.7 Å². The van der Waals surface area contributed by atoms with Crippen molar-refractivity contribution in [1.29, 1.82) is 0 Å². The van der Waals surface area contributed by atoms with Crippen LogP contribution < -0.4 is 0 Å².